The molecular weight excluding hydrogens is 362 g/mol. The molecule has 1 N–H and O–H groups in total. The molecule has 7 nitrogen and oxygen atoms in total. The highest BCUT2D eigenvalue weighted by atomic mass is 32.2. The molecule has 0 atom stereocenters. The van der Waals surface area contributed by atoms with Crippen LogP contribution in [0.5, 0.6) is 0 Å². The Morgan fingerprint density at radius 1 is 0.815 bits per heavy atom. The maximum Gasteiger partial charge on any atom is 0.347 e. The summed E-state index contributed by atoms with van der Waals surface area (Å²) in [4.78, 5) is 9.46. The Hall–Kier alpha value is -3.26. The smallest absolute Gasteiger partial charge is 0.347 e. The van der Waals surface area contributed by atoms with Gasteiger partial charge in [-0.2, -0.15) is 8.42 Å². The van der Waals surface area contributed by atoms with Crippen LogP contribution in [0.15, 0.2) is 65.1 Å². The van der Waals surface area contributed by atoms with Crippen molar-refractivity contribution in [3.63, 3.8) is 0 Å². The molecule has 0 aliphatic carbocycles. The van der Waals surface area contributed by atoms with Crippen molar-refractivity contribution in [2.45, 2.75) is 0 Å². The summed E-state index contributed by atoms with van der Waals surface area (Å²) in [5.41, 5.74) is 3.41. The molecule has 0 saturated heterocycles. The van der Waals surface area contributed by atoms with Crippen molar-refractivity contribution in [3.8, 4) is 22.5 Å². The third-order valence-electron chi connectivity index (χ3n) is 4.28. The SMILES string of the molecule is CNC1=NS(=O)(=O)N(C)c2nc(-c3ccccc3)c(-c3ccccc3)nc21. The molecule has 0 fully saturated rings. The van der Waals surface area contributed by atoms with Crippen LogP contribution in [0.4, 0.5) is 5.82 Å². The number of hydrogen-bond acceptors (Lipinski definition) is 5. The lowest BCUT2D eigenvalue weighted by atomic mass is 10.0. The fourth-order valence-corrected chi connectivity index (χ4v) is 3.77. The first-order valence-corrected chi connectivity index (χ1v) is 9.71. The first-order chi connectivity index (χ1) is 13.0. The number of benzene rings is 2. The Labute approximate surface area is 157 Å². The van der Waals surface area contributed by atoms with E-state index in [2.05, 4.69) is 9.71 Å². The van der Waals surface area contributed by atoms with Crippen molar-refractivity contribution in [2.24, 2.45) is 4.40 Å². The molecule has 1 aromatic heterocycles. The van der Waals surface area contributed by atoms with E-state index in [0.29, 0.717) is 17.1 Å². The molecule has 2 aromatic carbocycles. The summed E-state index contributed by atoms with van der Waals surface area (Å²) in [7, 11) is -0.820. The van der Waals surface area contributed by atoms with Crippen molar-refractivity contribution < 1.29 is 8.42 Å². The van der Waals surface area contributed by atoms with Gasteiger partial charge in [0.05, 0.1) is 11.4 Å². The highest BCUT2D eigenvalue weighted by molar-refractivity contribution is 7.91. The van der Waals surface area contributed by atoms with Crippen LogP contribution in [0.2, 0.25) is 0 Å². The van der Waals surface area contributed by atoms with Crippen molar-refractivity contribution in [1.29, 1.82) is 0 Å². The summed E-state index contributed by atoms with van der Waals surface area (Å²) < 4.78 is 29.5. The molecule has 3 aromatic rings. The van der Waals surface area contributed by atoms with Crippen LogP contribution in [0.3, 0.4) is 0 Å². The molecule has 8 heteroatoms. The zero-order chi connectivity index (χ0) is 19.0. The van der Waals surface area contributed by atoms with E-state index in [1.54, 1.807) is 7.05 Å². The molecule has 1 aliphatic rings. The van der Waals surface area contributed by atoms with Gasteiger partial charge in [-0.15, -0.1) is 4.40 Å². The van der Waals surface area contributed by atoms with E-state index in [4.69, 9.17) is 9.97 Å². The maximum absolute atomic E-state index is 12.3. The summed E-state index contributed by atoms with van der Waals surface area (Å²) in [6, 6.07) is 19.3. The highest BCUT2D eigenvalue weighted by Crippen LogP contribution is 2.34. The number of fused-ring (bicyclic) bond motifs is 1. The lowest BCUT2D eigenvalue weighted by molar-refractivity contribution is 0.594. The fraction of sp³-hybridized carbons (Fsp3) is 0.105. The summed E-state index contributed by atoms with van der Waals surface area (Å²) in [5, 5.41) is 2.82. The first kappa shape index (κ1) is 17.2. The summed E-state index contributed by atoms with van der Waals surface area (Å²) in [5.74, 6) is 0.417. The number of nitrogens with one attached hydrogen (secondary N) is 1. The van der Waals surface area contributed by atoms with Crippen LogP contribution in [0, 0.1) is 0 Å². The fourth-order valence-electron chi connectivity index (χ4n) is 2.89. The number of amidine groups is 1. The molecule has 27 heavy (non-hydrogen) atoms. The summed E-state index contributed by atoms with van der Waals surface area (Å²) in [6.07, 6.45) is 0. The lowest BCUT2D eigenvalue weighted by Crippen LogP contribution is -2.37. The van der Waals surface area contributed by atoms with Crippen LogP contribution in [-0.4, -0.2) is 38.3 Å². The van der Waals surface area contributed by atoms with Crippen LogP contribution >= 0.6 is 0 Å². The normalized spacial score (nSPS) is 15.0. The van der Waals surface area contributed by atoms with E-state index in [1.807, 2.05) is 60.7 Å². The van der Waals surface area contributed by atoms with Gasteiger partial charge in [0, 0.05) is 25.2 Å². The van der Waals surface area contributed by atoms with Crippen LogP contribution in [0.1, 0.15) is 5.69 Å². The predicted molar refractivity (Wildman–Crippen MR) is 106 cm³/mol. The van der Waals surface area contributed by atoms with Gasteiger partial charge in [0.15, 0.2) is 17.3 Å². The minimum atomic E-state index is -3.86. The van der Waals surface area contributed by atoms with Gasteiger partial charge in [0.2, 0.25) is 0 Å². The molecule has 0 radical (unpaired) electrons. The third kappa shape index (κ3) is 2.93. The van der Waals surface area contributed by atoms with Gasteiger partial charge in [0.1, 0.15) is 0 Å². The van der Waals surface area contributed by atoms with Gasteiger partial charge in [-0.3, -0.25) is 0 Å². The highest BCUT2D eigenvalue weighted by Gasteiger charge is 2.32. The van der Waals surface area contributed by atoms with Crippen LogP contribution in [0.25, 0.3) is 22.5 Å². The van der Waals surface area contributed by atoms with Crippen molar-refractivity contribution in [1.82, 2.24) is 15.3 Å². The van der Waals surface area contributed by atoms with Gasteiger partial charge in [0.25, 0.3) is 0 Å². The van der Waals surface area contributed by atoms with E-state index >= 15 is 0 Å². The van der Waals surface area contributed by atoms with Crippen molar-refractivity contribution >= 4 is 21.9 Å². The second kappa shape index (κ2) is 6.48. The van der Waals surface area contributed by atoms with Gasteiger partial charge >= 0.3 is 10.2 Å². The van der Waals surface area contributed by atoms with Crippen LogP contribution in [-0.2, 0) is 10.2 Å². The Morgan fingerprint density at radius 2 is 1.33 bits per heavy atom. The minimum absolute atomic E-state index is 0.174. The topological polar surface area (TPSA) is 87.5 Å². The third-order valence-corrected chi connectivity index (χ3v) is 5.56. The number of rotatable bonds is 2. The monoisotopic (exact) mass is 379 g/mol. The second-order valence-electron chi connectivity index (χ2n) is 5.96. The van der Waals surface area contributed by atoms with Crippen molar-refractivity contribution in [2.75, 3.05) is 18.4 Å². The quantitative estimate of drug-likeness (QED) is 0.739. The molecule has 0 bridgehead atoms. The lowest BCUT2D eigenvalue weighted by Gasteiger charge is -2.25. The molecule has 4 rings (SSSR count). The second-order valence-corrected chi connectivity index (χ2v) is 7.59. The van der Waals surface area contributed by atoms with Gasteiger partial charge in [-0.25, -0.2) is 14.3 Å². The van der Waals surface area contributed by atoms with E-state index in [0.717, 1.165) is 15.4 Å². The molecule has 2 heterocycles. The molecule has 0 spiro atoms. The Morgan fingerprint density at radius 3 is 1.85 bits per heavy atom. The molecule has 1 aliphatic heterocycles. The largest absolute Gasteiger partial charge is 0.371 e. The zero-order valence-corrected chi connectivity index (χ0v) is 15.6. The minimum Gasteiger partial charge on any atom is -0.371 e. The van der Waals surface area contributed by atoms with Crippen LogP contribution < -0.4 is 9.62 Å². The first-order valence-electron chi connectivity index (χ1n) is 8.31. The number of hydrogen-bond donors (Lipinski definition) is 1. The summed E-state index contributed by atoms with van der Waals surface area (Å²) >= 11 is 0. The predicted octanol–water partition coefficient (Wildman–Crippen LogP) is 2.47. The molecule has 0 unspecified atom stereocenters. The molecule has 136 valence electrons. The van der Waals surface area contributed by atoms with E-state index in [-0.39, 0.29) is 11.7 Å². The number of nitrogens with zero attached hydrogens (tertiary/aromatic N) is 4. The molecule has 0 saturated carbocycles. The van der Waals surface area contributed by atoms with E-state index in [9.17, 15) is 8.42 Å². The molecule has 0 amide bonds. The number of anilines is 1. The maximum atomic E-state index is 12.3. The van der Waals surface area contributed by atoms with E-state index < -0.39 is 10.2 Å². The van der Waals surface area contributed by atoms with Crippen molar-refractivity contribution in [3.05, 3.63) is 66.4 Å². The van der Waals surface area contributed by atoms with Gasteiger partial charge < -0.3 is 5.32 Å². The standard InChI is InChI=1S/C19H17N5O2S/c1-20-18-17-19(24(2)27(25,26)23-18)22-16(14-11-7-4-8-12-14)15(21-17)13-9-5-3-6-10-13/h3-12H,1-2H3,(H,20,23). The van der Waals surface area contributed by atoms with E-state index in [1.165, 1.54) is 7.05 Å². The number of aromatic nitrogens is 2. The Bertz CT molecular complexity index is 1130. The van der Waals surface area contributed by atoms with Gasteiger partial charge in [-0.05, 0) is 0 Å². The van der Waals surface area contributed by atoms with Gasteiger partial charge in [-0.1, -0.05) is 60.7 Å². The zero-order valence-electron chi connectivity index (χ0n) is 14.8. The molecular formula is C19H17N5O2S. The average Bonchev–Trinajstić information content (AvgIpc) is 2.71. The average molecular weight is 379 g/mol. The Balaban J connectivity index is 2.05. The summed E-state index contributed by atoms with van der Waals surface area (Å²) in [6.45, 7) is 0. The Kier molecular flexibility index (Phi) is 4.12.